The summed E-state index contributed by atoms with van der Waals surface area (Å²) in [6, 6.07) is 8.71. The highest BCUT2D eigenvalue weighted by Gasteiger charge is 2.61. The first-order valence-electron chi connectivity index (χ1n) is 10.5. The number of aromatic nitrogens is 2. The zero-order valence-electron chi connectivity index (χ0n) is 15.9. The van der Waals surface area contributed by atoms with Crippen molar-refractivity contribution in [2.24, 2.45) is 23.2 Å². The molecule has 0 saturated heterocycles. The number of hydrogen-bond acceptors (Lipinski definition) is 3. The predicted molar refractivity (Wildman–Crippen MR) is 103 cm³/mol. The fraction of sp³-hybridized carbons (Fsp3) is 0.609. The van der Waals surface area contributed by atoms with Gasteiger partial charge in [0, 0.05) is 5.56 Å². The van der Waals surface area contributed by atoms with Crippen molar-refractivity contribution in [3.63, 3.8) is 0 Å². The smallest absolute Gasteiger partial charge is 0.0956 e. The number of imidazole rings is 1. The summed E-state index contributed by atoms with van der Waals surface area (Å²) in [6.07, 6.45) is 9.68. The van der Waals surface area contributed by atoms with Gasteiger partial charge >= 0.3 is 0 Å². The number of benzene rings is 1. The van der Waals surface area contributed by atoms with E-state index < -0.39 is 5.60 Å². The van der Waals surface area contributed by atoms with Crippen LogP contribution in [0.3, 0.4) is 0 Å². The second-order valence-corrected chi connectivity index (χ2v) is 9.97. The average Bonchev–Trinajstić information content (AvgIpc) is 3.22. The van der Waals surface area contributed by atoms with Crippen LogP contribution in [0, 0.1) is 23.2 Å². The molecular formula is C23H28N2O2. The van der Waals surface area contributed by atoms with Gasteiger partial charge in [0.25, 0.3) is 0 Å². The van der Waals surface area contributed by atoms with Crippen LogP contribution in [0.5, 0.6) is 0 Å². The van der Waals surface area contributed by atoms with Crippen LogP contribution in [0.4, 0.5) is 0 Å². The van der Waals surface area contributed by atoms with Crippen LogP contribution in [0.15, 0.2) is 36.8 Å². The minimum atomic E-state index is -0.530. The van der Waals surface area contributed by atoms with Gasteiger partial charge in [0.15, 0.2) is 0 Å². The third-order valence-electron chi connectivity index (χ3n) is 8.64. The Labute approximate surface area is 160 Å². The largest absolute Gasteiger partial charge is 0.392 e. The van der Waals surface area contributed by atoms with E-state index in [0.29, 0.717) is 17.8 Å². The molecule has 0 spiro atoms. The zero-order valence-corrected chi connectivity index (χ0v) is 15.9. The molecule has 7 rings (SSSR count). The first-order chi connectivity index (χ1) is 13.0. The van der Waals surface area contributed by atoms with E-state index in [0.717, 1.165) is 44.2 Å². The fourth-order valence-corrected chi connectivity index (χ4v) is 7.31. The second-order valence-electron chi connectivity index (χ2n) is 9.97. The highest BCUT2D eigenvalue weighted by molar-refractivity contribution is 5.68. The quantitative estimate of drug-likeness (QED) is 0.871. The normalized spacial score (nSPS) is 42.2. The van der Waals surface area contributed by atoms with Crippen LogP contribution in [0.25, 0.3) is 11.3 Å². The Kier molecular flexibility index (Phi) is 3.16. The summed E-state index contributed by atoms with van der Waals surface area (Å²) in [5.41, 5.74) is 3.19. The molecule has 4 bridgehead atoms. The number of nitrogens with zero attached hydrogens (tertiary/aromatic N) is 2. The molecular weight excluding hydrogens is 336 g/mol. The van der Waals surface area contributed by atoms with E-state index in [2.05, 4.69) is 33.8 Å². The molecule has 27 heavy (non-hydrogen) atoms. The third-order valence-corrected chi connectivity index (χ3v) is 8.64. The van der Waals surface area contributed by atoms with Crippen LogP contribution in [-0.2, 0) is 0 Å². The molecule has 4 heteroatoms. The van der Waals surface area contributed by atoms with E-state index in [1.807, 2.05) is 19.4 Å². The Morgan fingerprint density at radius 3 is 2.70 bits per heavy atom. The first-order valence-corrected chi connectivity index (χ1v) is 10.5. The van der Waals surface area contributed by atoms with Gasteiger partial charge in [0.1, 0.15) is 0 Å². The lowest BCUT2D eigenvalue weighted by Gasteiger charge is -2.64. The van der Waals surface area contributed by atoms with E-state index in [-0.39, 0.29) is 17.6 Å². The Bertz CT molecular complexity index is 883. The Morgan fingerprint density at radius 2 is 1.93 bits per heavy atom. The first kappa shape index (κ1) is 16.3. The number of aliphatic hydroxyl groups is 2. The van der Waals surface area contributed by atoms with E-state index >= 15 is 0 Å². The summed E-state index contributed by atoms with van der Waals surface area (Å²) in [5, 5.41) is 22.5. The van der Waals surface area contributed by atoms with Gasteiger partial charge in [-0.1, -0.05) is 24.3 Å². The predicted octanol–water partition coefficient (Wildman–Crippen LogP) is 3.78. The molecule has 4 atom stereocenters. The van der Waals surface area contributed by atoms with Gasteiger partial charge in [-0.2, -0.15) is 0 Å². The number of rotatable bonds is 3. The third kappa shape index (κ3) is 2.09. The minimum absolute atomic E-state index is 0.00296. The van der Waals surface area contributed by atoms with E-state index in [1.54, 1.807) is 0 Å². The molecule has 0 amide bonds. The van der Waals surface area contributed by atoms with Gasteiger partial charge in [0.05, 0.1) is 36.0 Å². The highest BCUT2D eigenvalue weighted by atomic mass is 16.3. The topological polar surface area (TPSA) is 58.3 Å². The standard InChI is InChI=1S/C23H28N2O2/c1-22(27)15-6-14-7-16(22)11-23(9-14,10-15)21(26)8-19-17-4-2-3-5-18(17)20-12-24-13-25(19)20/h2-5,12-16,19,21,26-27H,6-11H2,1H3/t14?,15?,16?,19?,21-,22?,23?/m1/s1. The summed E-state index contributed by atoms with van der Waals surface area (Å²) >= 11 is 0. The van der Waals surface area contributed by atoms with E-state index in [9.17, 15) is 10.2 Å². The van der Waals surface area contributed by atoms with Crippen LogP contribution in [-0.4, -0.2) is 31.5 Å². The lowest BCUT2D eigenvalue weighted by atomic mass is 9.43. The number of hydrogen-bond donors (Lipinski definition) is 2. The molecule has 142 valence electrons. The summed E-state index contributed by atoms with van der Waals surface area (Å²) < 4.78 is 2.24. The summed E-state index contributed by atoms with van der Waals surface area (Å²) in [7, 11) is 0. The molecule has 1 aromatic heterocycles. The zero-order chi connectivity index (χ0) is 18.4. The van der Waals surface area contributed by atoms with Crippen molar-refractivity contribution in [3.8, 4) is 11.3 Å². The second kappa shape index (κ2) is 5.24. The highest BCUT2D eigenvalue weighted by Crippen LogP contribution is 2.65. The molecule has 4 nitrogen and oxygen atoms in total. The number of aliphatic hydroxyl groups excluding tert-OH is 1. The monoisotopic (exact) mass is 364 g/mol. The van der Waals surface area contributed by atoms with Crippen molar-refractivity contribution in [3.05, 3.63) is 42.4 Å². The molecule has 1 aromatic carbocycles. The van der Waals surface area contributed by atoms with Crippen molar-refractivity contribution in [2.75, 3.05) is 0 Å². The summed E-state index contributed by atoms with van der Waals surface area (Å²) in [4.78, 5) is 4.36. The molecule has 3 unspecified atom stereocenters. The Balaban J connectivity index is 1.33. The lowest BCUT2D eigenvalue weighted by molar-refractivity contribution is -0.217. The molecule has 0 radical (unpaired) electrons. The van der Waals surface area contributed by atoms with Crippen LogP contribution in [0.2, 0.25) is 0 Å². The summed E-state index contributed by atoms with van der Waals surface area (Å²) in [5.74, 6) is 1.41. The van der Waals surface area contributed by atoms with Crippen molar-refractivity contribution < 1.29 is 10.2 Å². The molecule has 1 aliphatic heterocycles. The summed E-state index contributed by atoms with van der Waals surface area (Å²) in [6.45, 7) is 2.05. The fourth-order valence-electron chi connectivity index (χ4n) is 7.31. The molecule has 2 N–H and O–H groups in total. The maximum absolute atomic E-state index is 11.5. The SMILES string of the molecule is CC1(O)C2CC3CC1CC([C@H](O)CC1c4ccccc4-c4cncn41)(C3)C2. The Hall–Kier alpha value is -1.65. The van der Waals surface area contributed by atoms with Crippen molar-refractivity contribution in [2.45, 2.75) is 63.2 Å². The van der Waals surface area contributed by atoms with Crippen molar-refractivity contribution in [1.82, 2.24) is 9.55 Å². The van der Waals surface area contributed by atoms with Gasteiger partial charge in [-0.15, -0.1) is 0 Å². The molecule has 2 heterocycles. The number of fused-ring (bicyclic) bond motifs is 3. The molecule has 5 aliphatic rings. The van der Waals surface area contributed by atoms with E-state index in [4.69, 9.17) is 0 Å². The molecule has 4 saturated carbocycles. The van der Waals surface area contributed by atoms with Crippen molar-refractivity contribution >= 4 is 0 Å². The maximum Gasteiger partial charge on any atom is 0.0956 e. The van der Waals surface area contributed by atoms with Gasteiger partial charge in [-0.3, -0.25) is 0 Å². The average molecular weight is 364 g/mol. The van der Waals surface area contributed by atoms with Crippen LogP contribution < -0.4 is 0 Å². The molecule has 4 aliphatic carbocycles. The van der Waals surface area contributed by atoms with Gasteiger partial charge in [-0.25, -0.2) is 4.98 Å². The van der Waals surface area contributed by atoms with Gasteiger partial charge < -0.3 is 14.8 Å². The van der Waals surface area contributed by atoms with Crippen LogP contribution >= 0.6 is 0 Å². The maximum atomic E-state index is 11.5. The van der Waals surface area contributed by atoms with Gasteiger partial charge in [-0.05, 0) is 74.2 Å². The minimum Gasteiger partial charge on any atom is -0.392 e. The lowest BCUT2D eigenvalue weighted by Crippen LogP contribution is -2.62. The van der Waals surface area contributed by atoms with Gasteiger partial charge in [0.2, 0.25) is 0 Å². The van der Waals surface area contributed by atoms with Crippen molar-refractivity contribution in [1.29, 1.82) is 0 Å². The van der Waals surface area contributed by atoms with Crippen LogP contribution in [0.1, 0.15) is 57.1 Å². The molecule has 2 aromatic rings. The van der Waals surface area contributed by atoms with E-state index in [1.165, 1.54) is 11.1 Å². The molecule has 4 fully saturated rings. The Morgan fingerprint density at radius 1 is 1.19 bits per heavy atom.